The fourth-order valence-corrected chi connectivity index (χ4v) is 3.11. The molecule has 0 aliphatic rings. The van der Waals surface area contributed by atoms with Crippen LogP contribution in [0.3, 0.4) is 0 Å². The third-order valence-corrected chi connectivity index (χ3v) is 4.27. The van der Waals surface area contributed by atoms with Gasteiger partial charge in [-0.05, 0) is 24.6 Å². The highest BCUT2D eigenvalue weighted by Crippen LogP contribution is 2.30. The van der Waals surface area contributed by atoms with Crippen LogP contribution in [-0.2, 0) is 12.5 Å². The van der Waals surface area contributed by atoms with Crippen molar-refractivity contribution >= 4 is 17.5 Å². The maximum Gasteiger partial charge on any atom is 0.250 e. The smallest absolute Gasteiger partial charge is 0.250 e. The van der Waals surface area contributed by atoms with Crippen molar-refractivity contribution in [3.63, 3.8) is 0 Å². The van der Waals surface area contributed by atoms with Crippen molar-refractivity contribution in [3.05, 3.63) is 83.2 Å². The zero-order valence-electron chi connectivity index (χ0n) is 13.9. The molecule has 1 aromatic heterocycles. The van der Waals surface area contributed by atoms with E-state index in [4.69, 9.17) is 22.1 Å². The van der Waals surface area contributed by atoms with Crippen LogP contribution >= 0.6 is 11.6 Å². The Morgan fingerprint density at radius 3 is 2.48 bits per heavy atom. The highest BCUT2D eigenvalue weighted by Gasteiger charge is 2.18. The Labute approximate surface area is 151 Å². The summed E-state index contributed by atoms with van der Waals surface area (Å²) in [5.74, 6) is 0.483. The van der Waals surface area contributed by atoms with E-state index in [1.54, 1.807) is 12.1 Å². The van der Waals surface area contributed by atoms with Gasteiger partial charge in [0.15, 0.2) is 0 Å². The summed E-state index contributed by atoms with van der Waals surface area (Å²) in [6.07, 6.45) is 0. The number of carbonyl (C=O) groups is 1. The molecule has 0 bridgehead atoms. The number of halogens is 1. The molecule has 0 spiro atoms. The number of ether oxygens (including phenoxy) is 1. The molecule has 3 rings (SSSR count). The molecule has 4 nitrogen and oxygen atoms in total. The second-order valence-corrected chi connectivity index (χ2v) is 5.99. The maximum absolute atomic E-state index is 11.8. The summed E-state index contributed by atoms with van der Waals surface area (Å²) in [5.41, 5.74) is 9.46. The SMILES string of the molecule is Cc1cc(OCc2ccccc2)c(CCl)n1-c1ccccc1C(N)=O. The van der Waals surface area contributed by atoms with E-state index >= 15 is 0 Å². The number of amides is 1. The summed E-state index contributed by atoms with van der Waals surface area (Å²) in [4.78, 5) is 11.8. The van der Waals surface area contributed by atoms with Gasteiger partial charge in [-0.15, -0.1) is 11.6 Å². The molecule has 128 valence electrons. The van der Waals surface area contributed by atoms with E-state index in [9.17, 15) is 4.79 Å². The lowest BCUT2D eigenvalue weighted by atomic mass is 10.1. The minimum atomic E-state index is -0.476. The van der Waals surface area contributed by atoms with Crippen LogP contribution in [0.15, 0.2) is 60.7 Å². The normalized spacial score (nSPS) is 10.6. The van der Waals surface area contributed by atoms with Crippen molar-refractivity contribution in [3.8, 4) is 11.4 Å². The summed E-state index contributed by atoms with van der Waals surface area (Å²) in [5, 5.41) is 0. The average molecular weight is 355 g/mol. The fraction of sp³-hybridized carbons (Fsp3) is 0.150. The standard InChI is InChI=1S/C20H19ClN2O2/c1-14-11-19(25-13-15-7-3-2-4-8-15)18(12-21)23(14)17-10-6-5-9-16(17)20(22)24/h2-11H,12-13H2,1H3,(H2,22,24). The molecule has 2 aromatic carbocycles. The van der Waals surface area contributed by atoms with Crippen LogP contribution in [-0.4, -0.2) is 10.5 Å². The van der Waals surface area contributed by atoms with Crippen molar-refractivity contribution in [1.82, 2.24) is 4.57 Å². The first-order valence-corrected chi connectivity index (χ1v) is 8.48. The van der Waals surface area contributed by atoms with Crippen LogP contribution in [0, 0.1) is 6.92 Å². The predicted octanol–water partition coefficient (Wildman–Crippen LogP) is 4.20. The van der Waals surface area contributed by atoms with Gasteiger partial charge in [-0.1, -0.05) is 42.5 Å². The number of hydrogen-bond acceptors (Lipinski definition) is 2. The largest absolute Gasteiger partial charge is 0.487 e. The van der Waals surface area contributed by atoms with E-state index in [1.165, 1.54) is 0 Å². The Balaban J connectivity index is 1.99. The molecule has 5 heteroatoms. The quantitative estimate of drug-likeness (QED) is 0.674. The Kier molecular flexibility index (Phi) is 5.10. The number of rotatable bonds is 6. The second-order valence-electron chi connectivity index (χ2n) is 5.72. The lowest BCUT2D eigenvalue weighted by Crippen LogP contribution is -2.15. The Morgan fingerprint density at radius 1 is 1.12 bits per heavy atom. The number of aryl methyl sites for hydroxylation is 1. The number of carbonyl (C=O) groups excluding carboxylic acids is 1. The van der Waals surface area contributed by atoms with Gasteiger partial charge < -0.3 is 15.0 Å². The fourth-order valence-electron chi connectivity index (χ4n) is 2.86. The molecule has 0 saturated heterocycles. The number of nitrogens with zero attached hydrogens (tertiary/aromatic N) is 1. The lowest BCUT2D eigenvalue weighted by Gasteiger charge is -2.14. The third kappa shape index (κ3) is 3.54. The van der Waals surface area contributed by atoms with Gasteiger partial charge in [-0.3, -0.25) is 4.79 Å². The summed E-state index contributed by atoms with van der Waals surface area (Å²) in [6, 6.07) is 19.1. The maximum atomic E-state index is 11.8. The molecule has 0 aliphatic heterocycles. The first kappa shape index (κ1) is 17.1. The number of alkyl halides is 1. The minimum Gasteiger partial charge on any atom is -0.487 e. The van der Waals surface area contributed by atoms with E-state index in [0.29, 0.717) is 23.6 Å². The monoisotopic (exact) mass is 354 g/mol. The molecule has 0 radical (unpaired) electrons. The number of primary amides is 1. The van der Waals surface area contributed by atoms with Crippen LogP contribution in [0.5, 0.6) is 5.75 Å². The Hall–Kier alpha value is -2.72. The summed E-state index contributed by atoms with van der Waals surface area (Å²) in [6.45, 7) is 2.40. The first-order chi connectivity index (χ1) is 12.1. The Morgan fingerprint density at radius 2 is 1.80 bits per heavy atom. The van der Waals surface area contributed by atoms with E-state index in [1.807, 2.05) is 60.0 Å². The van der Waals surface area contributed by atoms with Gasteiger partial charge in [0, 0.05) is 11.8 Å². The number of nitrogens with two attached hydrogens (primary N) is 1. The van der Waals surface area contributed by atoms with Crippen LogP contribution in [0.4, 0.5) is 0 Å². The molecule has 1 heterocycles. The number of hydrogen-bond donors (Lipinski definition) is 1. The van der Waals surface area contributed by atoms with Crippen LogP contribution in [0.25, 0.3) is 5.69 Å². The first-order valence-electron chi connectivity index (χ1n) is 7.95. The molecule has 25 heavy (non-hydrogen) atoms. The minimum absolute atomic E-state index is 0.255. The van der Waals surface area contributed by atoms with Crippen molar-refractivity contribution in [2.45, 2.75) is 19.4 Å². The average Bonchev–Trinajstić information content (AvgIpc) is 2.96. The zero-order valence-corrected chi connectivity index (χ0v) is 14.7. The number of benzene rings is 2. The van der Waals surface area contributed by atoms with Crippen LogP contribution in [0.1, 0.15) is 27.3 Å². The molecule has 2 N–H and O–H groups in total. The van der Waals surface area contributed by atoms with E-state index in [0.717, 1.165) is 17.0 Å². The van der Waals surface area contributed by atoms with Gasteiger partial charge >= 0.3 is 0 Å². The van der Waals surface area contributed by atoms with E-state index < -0.39 is 5.91 Å². The summed E-state index contributed by atoms with van der Waals surface area (Å²) >= 11 is 6.20. The van der Waals surface area contributed by atoms with Crippen LogP contribution in [0.2, 0.25) is 0 Å². The number of para-hydroxylation sites is 1. The summed E-state index contributed by atoms with van der Waals surface area (Å²) in [7, 11) is 0. The van der Waals surface area contributed by atoms with Crippen molar-refractivity contribution < 1.29 is 9.53 Å². The predicted molar refractivity (Wildman–Crippen MR) is 99.4 cm³/mol. The van der Waals surface area contributed by atoms with Crippen molar-refractivity contribution in [2.75, 3.05) is 0 Å². The topological polar surface area (TPSA) is 57.2 Å². The molecule has 0 saturated carbocycles. The molecule has 1 amide bonds. The molecular weight excluding hydrogens is 336 g/mol. The molecule has 0 aliphatic carbocycles. The second kappa shape index (κ2) is 7.45. The van der Waals surface area contributed by atoms with Gasteiger partial charge in [0.2, 0.25) is 0 Å². The van der Waals surface area contributed by atoms with Gasteiger partial charge in [0.1, 0.15) is 12.4 Å². The van der Waals surface area contributed by atoms with Crippen molar-refractivity contribution in [1.29, 1.82) is 0 Å². The third-order valence-electron chi connectivity index (χ3n) is 4.02. The highest BCUT2D eigenvalue weighted by atomic mass is 35.5. The van der Waals surface area contributed by atoms with Gasteiger partial charge in [0.25, 0.3) is 5.91 Å². The van der Waals surface area contributed by atoms with Crippen molar-refractivity contribution in [2.24, 2.45) is 5.73 Å². The molecule has 0 unspecified atom stereocenters. The molecule has 0 atom stereocenters. The van der Waals surface area contributed by atoms with Gasteiger partial charge in [0.05, 0.1) is 22.8 Å². The van der Waals surface area contributed by atoms with E-state index in [2.05, 4.69) is 0 Å². The summed E-state index contributed by atoms with van der Waals surface area (Å²) < 4.78 is 7.90. The number of aromatic nitrogens is 1. The zero-order chi connectivity index (χ0) is 17.8. The molecule has 0 fully saturated rings. The Bertz CT molecular complexity index is 888. The lowest BCUT2D eigenvalue weighted by molar-refractivity contribution is 0.100. The van der Waals surface area contributed by atoms with Gasteiger partial charge in [-0.25, -0.2) is 0 Å². The molecular formula is C20H19ClN2O2. The van der Waals surface area contributed by atoms with E-state index in [-0.39, 0.29) is 5.88 Å². The highest BCUT2D eigenvalue weighted by molar-refractivity contribution is 6.17. The van der Waals surface area contributed by atoms with Crippen LogP contribution < -0.4 is 10.5 Å². The molecule has 3 aromatic rings. The van der Waals surface area contributed by atoms with Gasteiger partial charge in [-0.2, -0.15) is 0 Å².